The molecule has 1 aliphatic rings. The molecule has 1 amide bonds. The highest BCUT2D eigenvalue weighted by Gasteiger charge is 2.19. The highest BCUT2D eigenvalue weighted by Crippen LogP contribution is 2.29. The Morgan fingerprint density at radius 2 is 2.17 bits per heavy atom. The first kappa shape index (κ1) is 13.8. The number of fused-ring (bicyclic) bond motifs is 1. The van der Waals surface area contributed by atoms with Gasteiger partial charge in [0.05, 0.1) is 23.3 Å². The summed E-state index contributed by atoms with van der Waals surface area (Å²) in [5.41, 5.74) is 1.19. The summed E-state index contributed by atoms with van der Waals surface area (Å²) in [4.78, 5) is 12.4. The lowest BCUT2D eigenvalue weighted by Crippen LogP contribution is -2.12. The number of phenols is 1. The summed E-state index contributed by atoms with van der Waals surface area (Å²) < 4.78 is 1.89. The van der Waals surface area contributed by atoms with E-state index in [0.29, 0.717) is 22.9 Å². The number of amides is 1. The number of hydrogen-bond acceptors (Lipinski definition) is 4. The molecule has 4 rings (SSSR count). The van der Waals surface area contributed by atoms with E-state index in [1.165, 1.54) is 12.8 Å². The van der Waals surface area contributed by atoms with E-state index in [-0.39, 0.29) is 11.7 Å². The minimum absolute atomic E-state index is 0.150. The maximum Gasteiger partial charge on any atom is 0.260 e. The Morgan fingerprint density at radius 3 is 3.00 bits per heavy atom. The quantitative estimate of drug-likeness (QED) is 0.693. The van der Waals surface area contributed by atoms with E-state index in [9.17, 15) is 9.90 Å². The summed E-state index contributed by atoms with van der Waals surface area (Å²) in [6.07, 6.45) is 8.07. The van der Waals surface area contributed by atoms with Gasteiger partial charge in [-0.25, -0.2) is 0 Å². The van der Waals surface area contributed by atoms with Gasteiger partial charge in [0, 0.05) is 17.6 Å². The van der Waals surface area contributed by atoms with Crippen LogP contribution in [0.2, 0.25) is 0 Å². The minimum atomic E-state index is -0.240. The second-order valence-electron chi connectivity index (χ2n) is 5.90. The number of aromatic nitrogens is 4. The number of rotatable bonds is 3. The van der Waals surface area contributed by atoms with Crippen LogP contribution in [-0.2, 0) is 0 Å². The van der Waals surface area contributed by atoms with Crippen LogP contribution >= 0.6 is 0 Å². The van der Waals surface area contributed by atoms with Crippen LogP contribution in [0.25, 0.3) is 10.9 Å². The first-order chi connectivity index (χ1) is 11.2. The van der Waals surface area contributed by atoms with Crippen LogP contribution in [0.3, 0.4) is 0 Å². The molecule has 0 radical (unpaired) electrons. The maximum absolute atomic E-state index is 12.4. The Morgan fingerprint density at radius 1 is 1.35 bits per heavy atom. The molecule has 1 aromatic carbocycles. The average Bonchev–Trinajstić information content (AvgIpc) is 3.27. The Labute approximate surface area is 132 Å². The van der Waals surface area contributed by atoms with Crippen molar-refractivity contribution in [2.24, 2.45) is 0 Å². The highest BCUT2D eigenvalue weighted by molar-refractivity contribution is 6.07. The molecule has 0 saturated heterocycles. The molecule has 1 fully saturated rings. The van der Waals surface area contributed by atoms with Gasteiger partial charge in [0.1, 0.15) is 5.75 Å². The zero-order valence-electron chi connectivity index (χ0n) is 12.5. The molecule has 118 valence electrons. The van der Waals surface area contributed by atoms with Gasteiger partial charge >= 0.3 is 0 Å². The SMILES string of the molecule is O=C(Nc1n[nH]c2cc(O)ccc12)c1cnn(C2CCCC2)c1. The Bertz CT molecular complexity index is 860. The molecule has 7 heteroatoms. The van der Waals surface area contributed by atoms with Crippen molar-refractivity contribution in [3.05, 3.63) is 36.2 Å². The molecule has 2 heterocycles. The monoisotopic (exact) mass is 311 g/mol. The number of carbonyl (C=O) groups excluding carboxylic acids is 1. The van der Waals surface area contributed by atoms with Gasteiger partial charge in [0.2, 0.25) is 0 Å². The molecule has 0 spiro atoms. The van der Waals surface area contributed by atoms with Gasteiger partial charge in [-0.05, 0) is 25.0 Å². The van der Waals surface area contributed by atoms with Crippen LogP contribution in [0.1, 0.15) is 42.1 Å². The van der Waals surface area contributed by atoms with Crippen LogP contribution in [-0.4, -0.2) is 31.0 Å². The fourth-order valence-corrected chi connectivity index (χ4v) is 3.11. The molecule has 1 aliphatic carbocycles. The lowest BCUT2D eigenvalue weighted by atomic mass is 10.2. The number of benzene rings is 1. The van der Waals surface area contributed by atoms with Gasteiger partial charge in [-0.2, -0.15) is 10.2 Å². The number of aromatic hydroxyl groups is 1. The molecule has 1 saturated carbocycles. The Hall–Kier alpha value is -2.83. The molecule has 3 N–H and O–H groups in total. The van der Waals surface area contributed by atoms with Gasteiger partial charge in [-0.3, -0.25) is 14.6 Å². The predicted molar refractivity (Wildman–Crippen MR) is 85.4 cm³/mol. The van der Waals surface area contributed by atoms with Gasteiger partial charge < -0.3 is 10.4 Å². The number of nitrogens with one attached hydrogen (secondary N) is 2. The summed E-state index contributed by atoms with van der Waals surface area (Å²) in [5.74, 6) is 0.353. The number of carbonyl (C=O) groups is 1. The average molecular weight is 311 g/mol. The predicted octanol–water partition coefficient (Wildman–Crippen LogP) is 2.83. The van der Waals surface area contributed by atoms with Crippen LogP contribution in [0.4, 0.5) is 5.82 Å². The number of aromatic amines is 1. The van der Waals surface area contributed by atoms with Crippen molar-refractivity contribution in [1.29, 1.82) is 0 Å². The fourth-order valence-electron chi connectivity index (χ4n) is 3.11. The van der Waals surface area contributed by atoms with E-state index >= 15 is 0 Å². The first-order valence-corrected chi connectivity index (χ1v) is 7.73. The van der Waals surface area contributed by atoms with Crippen molar-refractivity contribution in [2.75, 3.05) is 5.32 Å². The van der Waals surface area contributed by atoms with Crippen molar-refractivity contribution in [3.63, 3.8) is 0 Å². The third-order valence-corrected chi connectivity index (χ3v) is 4.34. The van der Waals surface area contributed by atoms with Crippen LogP contribution in [0.15, 0.2) is 30.6 Å². The molecule has 3 aromatic rings. The van der Waals surface area contributed by atoms with Crippen LogP contribution in [0, 0.1) is 0 Å². The molecule has 2 aromatic heterocycles. The molecule has 0 atom stereocenters. The van der Waals surface area contributed by atoms with Crippen molar-refractivity contribution >= 4 is 22.6 Å². The van der Waals surface area contributed by atoms with Gasteiger partial charge in [-0.15, -0.1) is 0 Å². The summed E-state index contributed by atoms with van der Waals surface area (Å²) in [7, 11) is 0. The molecular weight excluding hydrogens is 294 g/mol. The van der Waals surface area contributed by atoms with E-state index in [4.69, 9.17) is 0 Å². The third-order valence-electron chi connectivity index (χ3n) is 4.34. The maximum atomic E-state index is 12.4. The normalized spacial score (nSPS) is 15.3. The summed E-state index contributed by atoms with van der Waals surface area (Å²) >= 11 is 0. The smallest absolute Gasteiger partial charge is 0.260 e. The number of phenolic OH excluding ortho intramolecular Hbond substituents is 1. The molecule has 0 unspecified atom stereocenters. The molecule has 7 nitrogen and oxygen atoms in total. The lowest BCUT2D eigenvalue weighted by molar-refractivity contribution is 0.102. The van der Waals surface area contributed by atoms with Crippen LogP contribution < -0.4 is 5.32 Å². The summed E-state index contributed by atoms with van der Waals surface area (Å²) in [5, 5.41) is 24.2. The second-order valence-corrected chi connectivity index (χ2v) is 5.90. The van der Waals surface area contributed by atoms with Crippen molar-refractivity contribution < 1.29 is 9.90 Å². The topological polar surface area (TPSA) is 95.8 Å². The van der Waals surface area contributed by atoms with Crippen molar-refractivity contribution in [1.82, 2.24) is 20.0 Å². The number of nitrogens with zero attached hydrogens (tertiary/aromatic N) is 3. The third kappa shape index (κ3) is 2.54. The lowest BCUT2D eigenvalue weighted by Gasteiger charge is -2.08. The van der Waals surface area contributed by atoms with Gasteiger partial charge in [0.15, 0.2) is 5.82 Å². The van der Waals surface area contributed by atoms with E-state index in [1.807, 2.05) is 4.68 Å². The second kappa shape index (κ2) is 5.42. The zero-order valence-corrected chi connectivity index (χ0v) is 12.5. The Kier molecular flexibility index (Phi) is 3.25. The number of hydrogen-bond donors (Lipinski definition) is 3. The summed E-state index contributed by atoms with van der Waals surface area (Å²) in [6.45, 7) is 0. The summed E-state index contributed by atoms with van der Waals surface area (Å²) in [6, 6.07) is 5.25. The molecular formula is C16H17N5O2. The Balaban J connectivity index is 1.54. The fraction of sp³-hybridized carbons (Fsp3) is 0.312. The van der Waals surface area contributed by atoms with Gasteiger partial charge in [0.25, 0.3) is 5.91 Å². The molecule has 23 heavy (non-hydrogen) atoms. The van der Waals surface area contributed by atoms with Crippen LogP contribution in [0.5, 0.6) is 5.75 Å². The zero-order chi connectivity index (χ0) is 15.8. The first-order valence-electron chi connectivity index (χ1n) is 7.73. The minimum Gasteiger partial charge on any atom is -0.508 e. The van der Waals surface area contributed by atoms with E-state index in [1.54, 1.807) is 30.6 Å². The van der Waals surface area contributed by atoms with E-state index in [0.717, 1.165) is 18.2 Å². The standard InChI is InChI=1S/C16H17N5O2/c22-12-5-6-13-14(7-12)19-20-15(13)18-16(23)10-8-17-21(9-10)11-3-1-2-4-11/h5-9,11,22H,1-4H2,(H2,18,19,20,23). The highest BCUT2D eigenvalue weighted by atomic mass is 16.3. The largest absolute Gasteiger partial charge is 0.508 e. The number of anilines is 1. The van der Waals surface area contributed by atoms with Gasteiger partial charge in [-0.1, -0.05) is 12.8 Å². The van der Waals surface area contributed by atoms with Crippen molar-refractivity contribution in [2.45, 2.75) is 31.7 Å². The van der Waals surface area contributed by atoms with E-state index < -0.39 is 0 Å². The number of H-pyrrole nitrogens is 1. The molecule has 0 aliphatic heterocycles. The van der Waals surface area contributed by atoms with Crippen molar-refractivity contribution in [3.8, 4) is 5.75 Å². The van der Waals surface area contributed by atoms with E-state index in [2.05, 4.69) is 20.6 Å². The molecule has 0 bridgehead atoms.